The third kappa shape index (κ3) is 5.29. The van der Waals surface area contributed by atoms with Crippen molar-refractivity contribution in [3.63, 3.8) is 0 Å². The second kappa shape index (κ2) is 10.7. The van der Waals surface area contributed by atoms with E-state index in [2.05, 4.69) is 4.72 Å². The number of carbonyl (C=O) groups is 2. The zero-order chi connectivity index (χ0) is 26.0. The fourth-order valence-corrected chi connectivity index (χ4v) is 5.94. The lowest BCUT2D eigenvalue weighted by molar-refractivity contribution is -0.135. The monoisotopic (exact) mass is 528 g/mol. The van der Waals surface area contributed by atoms with Gasteiger partial charge in [-0.15, -0.1) is 0 Å². The molecule has 1 saturated carbocycles. The number of benzene rings is 1. The first-order valence-corrected chi connectivity index (χ1v) is 14.2. The normalized spacial score (nSPS) is 17.3. The SMILES string of the molecule is CNS(=O)(=O)NC(=O)c1ccc2c(C3CCCCC3)c(-c3ccoc3)n(CC(=O)N3CCOCC3)c2c1. The highest BCUT2D eigenvalue weighted by atomic mass is 32.2. The fourth-order valence-electron chi connectivity index (χ4n) is 5.48. The summed E-state index contributed by atoms with van der Waals surface area (Å²) in [5.74, 6) is -0.467. The molecule has 1 saturated heterocycles. The minimum absolute atomic E-state index is 0.0345. The van der Waals surface area contributed by atoms with Crippen molar-refractivity contribution in [2.75, 3.05) is 33.4 Å². The summed E-state index contributed by atoms with van der Waals surface area (Å²) < 4.78 is 40.8. The highest BCUT2D eigenvalue weighted by molar-refractivity contribution is 7.88. The van der Waals surface area contributed by atoms with Crippen LogP contribution >= 0.6 is 0 Å². The quantitative estimate of drug-likeness (QED) is 0.486. The Morgan fingerprint density at radius 1 is 1.08 bits per heavy atom. The van der Waals surface area contributed by atoms with E-state index in [0.29, 0.717) is 37.7 Å². The summed E-state index contributed by atoms with van der Waals surface area (Å²) in [5, 5.41) is 0.964. The highest BCUT2D eigenvalue weighted by Crippen LogP contribution is 2.44. The standard InChI is InChI=1S/C26H32N4O6S/c1-27-37(33,34)28-26(32)19-7-8-21-22(15-19)30(16-23(31)29-10-13-35-14-11-29)25(20-9-12-36-17-20)24(21)18-5-3-2-4-6-18/h7-9,12,15,17-18,27H,2-6,10-11,13-14,16H2,1H3,(H,28,32). The van der Waals surface area contributed by atoms with Crippen LogP contribution in [0.5, 0.6) is 0 Å². The maximum atomic E-state index is 13.4. The van der Waals surface area contributed by atoms with Gasteiger partial charge in [0.15, 0.2) is 0 Å². The van der Waals surface area contributed by atoms with Crippen molar-refractivity contribution in [2.45, 2.75) is 44.6 Å². The van der Waals surface area contributed by atoms with Crippen LogP contribution < -0.4 is 9.44 Å². The van der Waals surface area contributed by atoms with Crippen molar-refractivity contribution < 1.29 is 27.2 Å². The number of amides is 2. The third-order valence-electron chi connectivity index (χ3n) is 7.33. The number of nitrogens with zero attached hydrogens (tertiary/aromatic N) is 2. The largest absolute Gasteiger partial charge is 0.472 e. The second-order valence-corrected chi connectivity index (χ2v) is 11.2. The molecule has 3 heterocycles. The molecule has 2 fully saturated rings. The topological polar surface area (TPSA) is 123 Å². The Morgan fingerprint density at radius 3 is 2.51 bits per heavy atom. The van der Waals surface area contributed by atoms with Gasteiger partial charge in [0.2, 0.25) is 5.91 Å². The molecule has 10 nitrogen and oxygen atoms in total. The molecular weight excluding hydrogens is 496 g/mol. The molecule has 1 aromatic carbocycles. The average Bonchev–Trinajstić information content (AvgIpc) is 3.55. The van der Waals surface area contributed by atoms with Gasteiger partial charge in [-0.05, 0) is 42.5 Å². The molecule has 3 aromatic rings. The number of hydrogen-bond acceptors (Lipinski definition) is 6. The Balaban J connectivity index is 1.66. The lowest BCUT2D eigenvalue weighted by atomic mass is 9.82. The summed E-state index contributed by atoms with van der Waals surface area (Å²) >= 11 is 0. The molecule has 2 amide bonds. The van der Waals surface area contributed by atoms with E-state index in [9.17, 15) is 18.0 Å². The summed E-state index contributed by atoms with van der Waals surface area (Å²) in [6.07, 6.45) is 8.87. The first-order chi connectivity index (χ1) is 17.9. The Labute approximate surface area is 216 Å². The zero-order valence-electron chi connectivity index (χ0n) is 20.9. The lowest BCUT2D eigenvalue weighted by Crippen LogP contribution is -2.42. The minimum Gasteiger partial charge on any atom is -0.472 e. The van der Waals surface area contributed by atoms with E-state index in [-0.39, 0.29) is 18.0 Å². The number of fused-ring (bicyclic) bond motifs is 1. The predicted molar refractivity (Wildman–Crippen MR) is 138 cm³/mol. The number of hydrogen-bond donors (Lipinski definition) is 2. The van der Waals surface area contributed by atoms with Crippen molar-refractivity contribution in [3.05, 3.63) is 47.9 Å². The lowest BCUT2D eigenvalue weighted by Gasteiger charge is -2.27. The Bertz CT molecular complexity index is 1380. The van der Waals surface area contributed by atoms with Crippen molar-refractivity contribution in [2.24, 2.45) is 0 Å². The van der Waals surface area contributed by atoms with E-state index in [4.69, 9.17) is 9.15 Å². The number of ether oxygens (including phenoxy) is 1. The molecule has 198 valence electrons. The Morgan fingerprint density at radius 2 is 1.84 bits per heavy atom. The van der Waals surface area contributed by atoms with Crippen LogP contribution in [0, 0.1) is 0 Å². The number of morpholine rings is 1. The summed E-state index contributed by atoms with van der Waals surface area (Å²) in [4.78, 5) is 28.0. The zero-order valence-corrected chi connectivity index (χ0v) is 21.7. The maximum Gasteiger partial charge on any atom is 0.301 e. The van der Waals surface area contributed by atoms with Crippen LogP contribution in [0.2, 0.25) is 0 Å². The van der Waals surface area contributed by atoms with E-state index in [0.717, 1.165) is 47.9 Å². The molecule has 11 heteroatoms. The Kier molecular flexibility index (Phi) is 7.36. The summed E-state index contributed by atoms with van der Waals surface area (Å²) in [6.45, 7) is 2.16. The maximum absolute atomic E-state index is 13.4. The van der Waals surface area contributed by atoms with Gasteiger partial charge in [-0.25, -0.2) is 9.44 Å². The molecule has 0 spiro atoms. The van der Waals surface area contributed by atoms with Crippen LogP contribution in [-0.2, 0) is 26.3 Å². The smallest absolute Gasteiger partial charge is 0.301 e. The van der Waals surface area contributed by atoms with Crippen LogP contribution in [0.4, 0.5) is 0 Å². The van der Waals surface area contributed by atoms with Crippen molar-refractivity contribution >= 4 is 32.9 Å². The van der Waals surface area contributed by atoms with Gasteiger partial charge in [0, 0.05) is 36.7 Å². The average molecular weight is 529 g/mol. The molecule has 2 aliphatic rings. The van der Waals surface area contributed by atoms with Crippen LogP contribution in [0.25, 0.3) is 22.2 Å². The van der Waals surface area contributed by atoms with E-state index >= 15 is 0 Å². The number of rotatable bonds is 7. The summed E-state index contributed by atoms with van der Waals surface area (Å²) in [7, 11) is -2.73. The van der Waals surface area contributed by atoms with E-state index in [1.165, 1.54) is 13.5 Å². The van der Waals surface area contributed by atoms with Gasteiger partial charge in [0.05, 0.1) is 37.0 Å². The summed E-state index contributed by atoms with van der Waals surface area (Å²) in [6, 6.07) is 7.09. The molecule has 0 unspecified atom stereocenters. The van der Waals surface area contributed by atoms with Gasteiger partial charge < -0.3 is 18.6 Å². The second-order valence-electron chi connectivity index (χ2n) is 9.56. The molecule has 0 radical (unpaired) electrons. The molecule has 5 rings (SSSR count). The predicted octanol–water partition coefficient (Wildman–Crippen LogP) is 3.00. The van der Waals surface area contributed by atoms with Crippen LogP contribution in [0.3, 0.4) is 0 Å². The number of carbonyl (C=O) groups excluding carboxylic acids is 2. The van der Waals surface area contributed by atoms with Gasteiger partial charge in [0.25, 0.3) is 5.91 Å². The minimum atomic E-state index is -3.96. The highest BCUT2D eigenvalue weighted by Gasteiger charge is 2.29. The van der Waals surface area contributed by atoms with Crippen molar-refractivity contribution in [1.82, 2.24) is 18.9 Å². The first kappa shape index (κ1) is 25.5. The molecule has 1 aliphatic heterocycles. The van der Waals surface area contributed by atoms with Gasteiger partial charge in [0.1, 0.15) is 6.54 Å². The molecule has 1 aliphatic carbocycles. The molecule has 2 N–H and O–H groups in total. The van der Waals surface area contributed by atoms with Gasteiger partial charge in [-0.3, -0.25) is 9.59 Å². The van der Waals surface area contributed by atoms with Crippen molar-refractivity contribution in [3.8, 4) is 11.3 Å². The van der Waals surface area contributed by atoms with E-state index in [1.807, 2.05) is 21.4 Å². The van der Waals surface area contributed by atoms with Gasteiger partial charge >= 0.3 is 10.2 Å². The van der Waals surface area contributed by atoms with Gasteiger partial charge in [-0.2, -0.15) is 8.42 Å². The van der Waals surface area contributed by atoms with E-state index < -0.39 is 16.1 Å². The van der Waals surface area contributed by atoms with Crippen LogP contribution in [0.1, 0.15) is 53.9 Å². The molecule has 37 heavy (non-hydrogen) atoms. The molecular formula is C26H32N4O6S. The van der Waals surface area contributed by atoms with E-state index in [1.54, 1.807) is 29.6 Å². The first-order valence-electron chi connectivity index (χ1n) is 12.7. The third-order valence-corrected chi connectivity index (χ3v) is 8.32. The molecule has 2 aromatic heterocycles. The summed E-state index contributed by atoms with van der Waals surface area (Å²) in [5.41, 5.74) is 3.85. The van der Waals surface area contributed by atoms with Crippen LogP contribution in [0.15, 0.2) is 41.2 Å². The molecule has 0 bridgehead atoms. The van der Waals surface area contributed by atoms with Crippen molar-refractivity contribution in [1.29, 1.82) is 0 Å². The van der Waals surface area contributed by atoms with Crippen LogP contribution in [-0.4, -0.2) is 63.1 Å². The van der Waals surface area contributed by atoms with Gasteiger partial charge in [-0.1, -0.05) is 25.3 Å². The molecule has 0 atom stereocenters. The number of nitrogens with one attached hydrogen (secondary N) is 2. The Hall–Kier alpha value is -3.15. The number of aromatic nitrogens is 1. The number of furan rings is 1. The fraction of sp³-hybridized carbons (Fsp3) is 0.462.